The molecule has 8 heteroatoms. The fourth-order valence-electron chi connectivity index (χ4n) is 0. The molecular formula is H5CrKO5S. The van der Waals surface area contributed by atoms with Gasteiger partial charge < -0.3 is 5.48 Å². The van der Waals surface area contributed by atoms with Gasteiger partial charge in [0.25, 0.3) is 0 Å². The van der Waals surface area contributed by atoms with Crippen molar-refractivity contribution in [2.24, 2.45) is 0 Å². The van der Waals surface area contributed by atoms with E-state index in [2.05, 4.69) is 0 Å². The fourth-order valence-corrected chi connectivity index (χ4v) is 0. The van der Waals surface area contributed by atoms with E-state index in [0.29, 0.717) is 0 Å². The molecule has 0 bridgehead atoms. The Morgan fingerprint density at radius 3 is 1.12 bits per heavy atom. The molecule has 0 aromatic heterocycles. The van der Waals surface area contributed by atoms with Gasteiger partial charge in [-0.25, -0.2) is 0 Å². The van der Waals surface area contributed by atoms with E-state index in [4.69, 9.17) is 17.5 Å². The second kappa shape index (κ2) is 9.00. The summed E-state index contributed by atoms with van der Waals surface area (Å²) in [5.41, 5.74) is 0. The van der Waals surface area contributed by atoms with Crippen molar-refractivity contribution in [2.75, 3.05) is 0 Å². The molecule has 5 nitrogen and oxygen atoms in total. The van der Waals surface area contributed by atoms with Crippen molar-refractivity contribution in [1.82, 2.24) is 0 Å². The predicted octanol–water partition coefficient (Wildman–Crippen LogP) is -2.13. The molecule has 48 valence electrons. The summed E-state index contributed by atoms with van der Waals surface area (Å²) in [5, 5.41) is 0. The van der Waals surface area contributed by atoms with Crippen molar-refractivity contribution < 1.29 is 40.4 Å². The van der Waals surface area contributed by atoms with Crippen LogP contribution in [0.25, 0.3) is 0 Å². The zero-order chi connectivity index (χ0) is 4.50. The molecule has 4 N–H and O–H groups in total. The first-order valence-electron chi connectivity index (χ1n) is 0.698. The van der Waals surface area contributed by atoms with E-state index in [1.54, 1.807) is 0 Å². The molecule has 0 spiro atoms. The van der Waals surface area contributed by atoms with Gasteiger partial charge >= 0.3 is 61.8 Å². The Balaban J connectivity index is -0.0000000267. The molecule has 0 amide bonds. The maximum atomic E-state index is 8.74. The van der Waals surface area contributed by atoms with E-state index < -0.39 is 10.4 Å². The maximum absolute atomic E-state index is 8.74. The van der Waals surface area contributed by atoms with E-state index in [9.17, 15) is 0 Å². The minimum atomic E-state index is -4.67. The molecule has 0 unspecified atom stereocenters. The van der Waals surface area contributed by atoms with Crippen LogP contribution in [0, 0.1) is 0 Å². The molecule has 0 aliphatic rings. The normalized spacial score (nSPS) is 7.25. The van der Waals surface area contributed by atoms with Crippen LogP contribution in [0.2, 0.25) is 0 Å². The van der Waals surface area contributed by atoms with E-state index >= 15 is 0 Å². The second-order valence-corrected chi connectivity index (χ2v) is 1.34. The Morgan fingerprint density at radius 1 is 1.12 bits per heavy atom. The van der Waals surface area contributed by atoms with Crippen LogP contribution in [0.15, 0.2) is 0 Å². The summed E-state index contributed by atoms with van der Waals surface area (Å²) in [5.74, 6) is 0. The van der Waals surface area contributed by atoms with Crippen LogP contribution in [0.5, 0.6) is 0 Å². The van der Waals surface area contributed by atoms with Crippen molar-refractivity contribution in [3.63, 3.8) is 0 Å². The van der Waals surface area contributed by atoms with Crippen molar-refractivity contribution >= 4 is 61.8 Å². The van der Waals surface area contributed by atoms with Crippen molar-refractivity contribution in [2.45, 2.75) is 0 Å². The Hall–Kier alpha value is 2.00. The summed E-state index contributed by atoms with van der Waals surface area (Å²) in [7, 11) is -4.67. The minimum absolute atomic E-state index is 0. The molecule has 0 atom stereocenters. The van der Waals surface area contributed by atoms with Gasteiger partial charge in [0, 0.05) is 17.4 Å². The van der Waals surface area contributed by atoms with Crippen LogP contribution in [0.1, 0.15) is 0 Å². The van der Waals surface area contributed by atoms with E-state index in [1.165, 1.54) is 0 Å². The third-order valence-corrected chi connectivity index (χ3v) is 0. The van der Waals surface area contributed by atoms with Gasteiger partial charge in [-0.05, 0) is 0 Å². The quantitative estimate of drug-likeness (QED) is 0.350. The van der Waals surface area contributed by atoms with Crippen LogP contribution in [-0.4, -0.2) is 74.4 Å². The molecule has 0 heterocycles. The average Bonchev–Trinajstić information content (AvgIpc) is 0.722. The first-order chi connectivity index (χ1) is 2.00. The van der Waals surface area contributed by atoms with Gasteiger partial charge in [-0.1, -0.05) is 0 Å². The van der Waals surface area contributed by atoms with Gasteiger partial charge in [0.1, 0.15) is 0 Å². The Morgan fingerprint density at radius 2 is 1.12 bits per heavy atom. The second-order valence-electron chi connectivity index (χ2n) is 0.448. The van der Waals surface area contributed by atoms with Crippen molar-refractivity contribution in [1.29, 1.82) is 0 Å². The monoisotopic (exact) mass is 208 g/mol. The molecule has 0 fully saturated rings. The number of hydrogen-bond acceptors (Lipinski definition) is 2. The van der Waals surface area contributed by atoms with Crippen molar-refractivity contribution in [3.8, 4) is 0 Å². The molecule has 0 saturated carbocycles. The van der Waals surface area contributed by atoms with Crippen LogP contribution >= 0.6 is 0 Å². The Labute approximate surface area is 100 Å². The standard InChI is InChI=1S/Cr.K.H2O4S.H2O.H/c;;1-5(2,3)4;;/h;;(H2,1,2,3,4);1H2;. The molecule has 0 aromatic rings. The molecule has 8 heavy (non-hydrogen) atoms. The van der Waals surface area contributed by atoms with E-state index in [-0.39, 0.29) is 74.2 Å². The SMILES string of the molecule is O.O=S(=O)(O)O.[Cr].[KH]. The molecule has 0 radical (unpaired) electrons. The van der Waals surface area contributed by atoms with Gasteiger partial charge in [-0.2, -0.15) is 8.42 Å². The molecule has 0 rings (SSSR count). The van der Waals surface area contributed by atoms with Crippen LogP contribution in [0.3, 0.4) is 0 Å². The van der Waals surface area contributed by atoms with Crippen LogP contribution in [-0.2, 0) is 27.8 Å². The number of hydrogen-bond donors (Lipinski definition) is 2. The zero-order valence-corrected chi connectivity index (χ0v) is 5.12. The topological polar surface area (TPSA) is 106 Å². The summed E-state index contributed by atoms with van der Waals surface area (Å²) in [6.07, 6.45) is 0. The first-order valence-corrected chi connectivity index (χ1v) is 2.10. The Kier molecular flexibility index (Phi) is 25.3. The third kappa shape index (κ3) is 98.1. The molecule has 0 aliphatic carbocycles. The zero-order valence-electron chi connectivity index (χ0n) is 3.03. The van der Waals surface area contributed by atoms with Crippen LogP contribution < -0.4 is 0 Å². The van der Waals surface area contributed by atoms with Crippen LogP contribution in [0.4, 0.5) is 0 Å². The van der Waals surface area contributed by atoms with E-state index in [0.717, 1.165) is 0 Å². The van der Waals surface area contributed by atoms with E-state index in [1.807, 2.05) is 0 Å². The third-order valence-electron chi connectivity index (χ3n) is 0. The molecule has 0 saturated heterocycles. The summed E-state index contributed by atoms with van der Waals surface area (Å²) in [4.78, 5) is 0. The Bertz CT molecular complexity index is 95.6. The molecule has 0 aromatic carbocycles. The van der Waals surface area contributed by atoms with Crippen molar-refractivity contribution in [3.05, 3.63) is 0 Å². The average molecular weight is 208 g/mol. The molecular weight excluding hydrogens is 203 g/mol. The molecule has 0 aliphatic heterocycles. The van der Waals surface area contributed by atoms with Gasteiger partial charge in [-0.3, -0.25) is 9.11 Å². The summed E-state index contributed by atoms with van der Waals surface area (Å²) < 4.78 is 31.6. The fraction of sp³-hybridized carbons (Fsp3) is 0. The van der Waals surface area contributed by atoms with Gasteiger partial charge in [0.15, 0.2) is 0 Å². The first kappa shape index (κ1) is 22.5. The summed E-state index contributed by atoms with van der Waals surface area (Å²) >= 11 is 0. The summed E-state index contributed by atoms with van der Waals surface area (Å²) in [6, 6.07) is 0. The number of rotatable bonds is 0. The van der Waals surface area contributed by atoms with Gasteiger partial charge in [-0.15, -0.1) is 0 Å². The van der Waals surface area contributed by atoms with Gasteiger partial charge in [0.05, 0.1) is 0 Å². The van der Waals surface area contributed by atoms with Gasteiger partial charge in [0.2, 0.25) is 0 Å². The summed E-state index contributed by atoms with van der Waals surface area (Å²) in [6.45, 7) is 0. The predicted molar refractivity (Wildman–Crippen MR) is 24.9 cm³/mol.